The Balaban J connectivity index is 1.67. The first-order valence-corrected chi connectivity index (χ1v) is 6.71. The third kappa shape index (κ3) is 1.93. The van der Waals surface area contributed by atoms with Crippen molar-refractivity contribution in [3.05, 3.63) is 23.4 Å². The van der Waals surface area contributed by atoms with E-state index in [4.69, 9.17) is 11.6 Å². The molecular weight excluding hydrogens is 232 g/mol. The van der Waals surface area contributed by atoms with Crippen molar-refractivity contribution >= 4 is 17.4 Å². The maximum atomic E-state index is 5.86. The van der Waals surface area contributed by atoms with Gasteiger partial charge in [0.1, 0.15) is 5.82 Å². The molecule has 1 aromatic rings. The lowest BCUT2D eigenvalue weighted by Gasteiger charge is -2.26. The third-order valence-electron chi connectivity index (χ3n) is 4.23. The van der Waals surface area contributed by atoms with Gasteiger partial charge in [-0.15, -0.1) is 0 Å². The summed E-state index contributed by atoms with van der Waals surface area (Å²) in [6, 6.07) is 3.95. The normalized spacial score (nSPS) is 31.5. The lowest BCUT2D eigenvalue weighted by atomic mass is 9.87. The Morgan fingerprint density at radius 2 is 1.88 bits per heavy atom. The van der Waals surface area contributed by atoms with Crippen LogP contribution in [0.15, 0.2) is 18.3 Å². The van der Waals surface area contributed by atoms with Gasteiger partial charge in [-0.1, -0.05) is 32.4 Å². The minimum absolute atomic E-state index is 0.467. The van der Waals surface area contributed by atoms with Crippen molar-refractivity contribution in [3.63, 3.8) is 0 Å². The fourth-order valence-corrected chi connectivity index (χ4v) is 3.66. The quantitative estimate of drug-likeness (QED) is 0.759. The third-order valence-corrected chi connectivity index (χ3v) is 4.45. The smallest absolute Gasteiger partial charge is 0.128 e. The van der Waals surface area contributed by atoms with E-state index in [1.54, 1.807) is 6.20 Å². The Hall–Kier alpha value is -0.760. The predicted octanol–water partition coefficient (Wildman–Crippen LogP) is 3.46. The number of halogens is 1. The van der Waals surface area contributed by atoms with Gasteiger partial charge in [-0.2, -0.15) is 0 Å². The summed E-state index contributed by atoms with van der Waals surface area (Å²) in [5.41, 5.74) is 0.467. The molecule has 1 saturated heterocycles. The second-order valence-electron chi connectivity index (χ2n) is 6.46. The van der Waals surface area contributed by atoms with Crippen LogP contribution in [0.25, 0.3) is 0 Å². The molecule has 0 aromatic carbocycles. The van der Waals surface area contributed by atoms with E-state index in [9.17, 15) is 0 Å². The van der Waals surface area contributed by atoms with Crippen molar-refractivity contribution in [3.8, 4) is 0 Å². The van der Waals surface area contributed by atoms with Crippen molar-refractivity contribution in [1.82, 2.24) is 4.98 Å². The van der Waals surface area contributed by atoms with Crippen LogP contribution in [-0.2, 0) is 0 Å². The van der Waals surface area contributed by atoms with Gasteiger partial charge in [0.2, 0.25) is 0 Å². The monoisotopic (exact) mass is 250 g/mol. The number of fused-ring (bicyclic) bond motifs is 1. The molecule has 17 heavy (non-hydrogen) atoms. The minimum atomic E-state index is 0.467. The van der Waals surface area contributed by atoms with Gasteiger partial charge in [0.15, 0.2) is 0 Å². The van der Waals surface area contributed by atoms with Crippen molar-refractivity contribution in [2.75, 3.05) is 18.0 Å². The van der Waals surface area contributed by atoms with E-state index in [1.807, 2.05) is 12.1 Å². The molecule has 0 spiro atoms. The van der Waals surface area contributed by atoms with Crippen molar-refractivity contribution in [2.45, 2.75) is 20.8 Å². The number of anilines is 1. The molecule has 1 aliphatic carbocycles. The summed E-state index contributed by atoms with van der Waals surface area (Å²) in [5, 5.41) is 0.714. The summed E-state index contributed by atoms with van der Waals surface area (Å²) in [4.78, 5) is 6.79. The van der Waals surface area contributed by atoms with Crippen molar-refractivity contribution < 1.29 is 0 Å². The molecule has 0 radical (unpaired) electrons. The molecule has 3 heteroatoms. The number of rotatable bonds is 1. The molecule has 1 saturated carbocycles. The van der Waals surface area contributed by atoms with Crippen LogP contribution in [0, 0.1) is 23.2 Å². The molecule has 2 aliphatic rings. The Kier molecular flexibility index (Phi) is 2.41. The molecule has 2 atom stereocenters. The Labute approximate surface area is 108 Å². The number of hydrogen-bond donors (Lipinski definition) is 0. The highest BCUT2D eigenvalue weighted by molar-refractivity contribution is 6.30. The van der Waals surface area contributed by atoms with Crippen molar-refractivity contribution in [1.29, 1.82) is 0 Å². The van der Waals surface area contributed by atoms with Gasteiger partial charge in [-0.05, 0) is 35.3 Å². The molecule has 0 amide bonds. The largest absolute Gasteiger partial charge is 0.356 e. The Bertz CT molecular complexity index is 409. The van der Waals surface area contributed by atoms with Gasteiger partial charge in [0.05, 0.1) is 5.02 Å². The van der Waals surface area contributed by atoms with Crippen LogP contribution >= 0.6 is 11.6 Å². The van der Waals surface area contributed by atoms with Gasteiger partial charge < -0.3 is 4.90 Å². The van der Waals surface area contributed by atoms with E-state index in [2.05, 4.69) is 30.7 Å². The minimum Gasteiger partial charge on any atom is -0.356 e. The van der Waals surface area contributed by atoms with E-state index >= 15 is 0 Å². The Morgan fingerprint density at radius 1 is 1.24 bits per heavy atom. The van der Waals surface area contributed by atoms with Gasteiger partial charge in [-0.3, -0.25) is 0 Å². The van der Waals surface area contributed by atoms with Gasteiger partial charge >= 0.3 is 0 Å². The fourth-order valence-electron chi connectivity index (χ4n) is 3.55. The predicted molar refractivity (Wildman–Crippen MR) is 71.4 cm³/mol. The molecule has 3 rings (SSSR count). The van der Waals surface area contributed by atoms with Gasteiger partial charge in [0, 0.05) is 19.3 Å². The van der Waals surface area contributed by atoms with Crippen LogP contribution in [0.3, 0.4) is 0 Å². The zero-order valence-electron chi connectivity index (χ0n) is 10.7. The standard InChI is InChI=1S/C14H19ClN2/c1-14(2,3)13-10-7-17(8-11(10)13)12-5-4-9(15)6-16-12/h4-6,10-11,13H,7-8H2,1-3H3. The summed E-state index contributed by atoms with van der Waals surface area (Å²) in [7, 11) is 0. The highest BCUT2D eigenvalue weighted by atomic mass is 35.5. The van der Waals surface area contributed by atoms with E-state index in [0.717, 1.165) is 23.6 Å². The topological polar surface area (TPSA) is 16.1 Å². The molecular formula is C14H19ClN2. The maximum Gasteiger partial charge on any atom is 0.128 e. The number of aromatic nitrogens is 1. The van der Waals surface area contributed by atoms with Crippen molar-refractivity contribution in [2.24, 2.45) is 23.2 Å². The van der Waals surface area contributed by atoms with Crippen LogP contribution in [0.1, 0.15) is 20.8 Å². The molecule has 1 aliphatic heterocycles. The highest BCUT2D eigenvalue weighted by Crippen LogP contribution is 2.60. The summed E-state index contributed by atoms with van der Waals surface area (Å²) in [6.45, 7) is 9.42. The molecule has 0 N–H and O–H groups in total. The molecule has 92 valence electrons. The molecule has 2 heterocycles. The maximum absolute atomic E-state index is 5.86. The van der Waals surface area contributed by atoms with Crippen LogP contribution in [0.2, 0.25) is 5.02 Å². The van der Waals surface area contributed by atoms with E-state index in [-0.39, 0.29) is 0 Å². The zero-order valence-corrected chi connectivity index (χ0v) is 11.4. The first-order valence-electron chi connectivity index (χ1n) is 6.33. The summed E-state index contributed by atoms with van der Waals surface area (Å²) in [5.74, 6) is 3.75. The SMILES string of the molecule is CC(C)(C)C1C2CN(c3ccc(Cl)cn3)CC21. The zero-order chi connectivity index (χ0) is 12.2. The molecule has 0 bridgehead atoms. The average molecular weight is 251 g/mol. The Morgan fingerprint density at radius 3 is 2.35 bits per heavy atom. The van der Waals surface area contributed by atoms with E-state index in [0.29, 0.717) is 10.4 Å². The van der Waals surface area contributed by atoms with Gasteiger partial charge in [0.25, 0.3) is 0 Å². The van der Waals surface area contributed by atoms with E-state index < -0.39 is 0 Å². The first-order chi connectivity index (χ1) is 7.97. The molecule has 2 fully saturated rings. The number of hydrogen-bond acceptors (Lipinski definition) is 2. The van der Waals surface area contributed by atoms with Gasteiger partial charge in [-0.25, -0.2) is 4.98 Å². The van der Waals surface area contributed by atoms with Crippen LogP contribution < -0.4 is 4.90 Å². The highest BCUT2D eigenvalue weighted by Gasteiger charge is 2.59. The average Bonchev–Trinajstić information content (AvgIpc) is 2.78. The second kappa shape index (κ2) is 3.61. The van der Waals surface area contributed by atoms with Crippen LogP contribution in [0.4, 0.5) is 5.82 Å². The van der Waals surface area contributed by atoms with Crippen LogP contribution in [0.5, 0.6) is 0 Å². The summed E-state index contributed by atoms with van der Waals surface area (Å²) in [6.07, 6.45) is 1.74. The first kappa shape index (κ1) is 11.3. The number of nitrogens with zero attached hydrogens (tertiary/aromatic N) is 2. The number of piperidine rings is 1. The molecule has 2 unspecified atom stereocenters. The fraction of sp³-hybridized carbons (Fsp3) is 0.643. The molecule has 2 nitrogen and oxygen atoms in total. The van der Waals surface area contributed by atoms with E-state index in [1.165, 1.54) is 13.1 Å². The second-order valence-corrected chi connectivity index (χ2v) is 6.90. The summed E-state index contributed by atoms with van der Waals surface area (Å²) < 4.78 is 0. The summed E-state index contributed by atoms with van der Waals surface area (Å²) >= 11 is 5.86. The molecule has 1 aromatic heterocycles. The van der Waals surface area contributed by atoms with Crippen LogP contribution in [-0.4, -0.2) is 18.1 Å². The lowest BCUT2D eigenvalue weighted by molar-refractivity contribution is 0.309. The number of pyridine rings is 1. The lowest BCUT2D eigenvalue weighted by Crippen LogP contribution is -2.28.